The second-order valence-electron chi connectivity index (χ2n) is 8.64. The number of rotatable bonds is 15. The van der Waals surface area contributed by atoms with E-state index in [9.17, 15) is 13.2 Å². The number of hydrogen-bond donors (Lipinski definition) is 2. The third-order valence-corrected chi connectivity index (χ3v) is 7.62. The third kappa shape index (κ3) is 6.90. The van der Waals surface area contributed by atoms with Gasteiger partial charge in [0, 0.05) is 29.3 Å². The van der Waals surface area contributed by atoms with Gasteiger partial charge in [-0.2, -0.15) is 0 Å². The summed E-state index contributed by atoms with van der Waals surface area (Å²) in [5.74, 6) is 1.29. The van der Waals surface area contributed by atoms with Crippen LogP contribution in [0.1, 0.15) is 10.4 Å². The maximum absolute atomic E-state index is 13.1. The molecule has 0 fully saturated rings. The third-order valence-electron chi connectivity index (χ3n) is 6.31. The van der Waals surface area contributed by atoms with Crippen molar-refractivity contribution in [3.05, 3.63) is 65.2 Å². The van der Waals surface area contributed by atoms with E-state index in [-0.39, 0.29) is 45.0 Å². The molecule has 0 unspecified atom stereocenters. The molecule has 0 aliphatic rings. The van der Waals surface area contributed by atoms with E-state index in [4.69, 9.17) is 44.8 Å². The van der Waals surface area contributed by atoms with Crippen molar-refractivity contribution in [1.82, 2.24) is 0 Å². The minimum Gasteiger partial charge on any atom is -0.496 e. The van der Waals surface area contributed by atoms with Crippen molar-refractivity contribution >= 4 is 38.8 Å². The highest BCUT2D eigenvalue weighted by molar-refractivity contribution is 7.95. The fourth-order valence-electron chi connectivity index (χ4n) is 4.27. The molecule has 0 radical (unpaired) electrons. The van der Waals surface area contributed by atoms with Crippen molar-refractivity contribution < 1.29 is 46.4 Å². The van der Waals surface area contributed by atoms with Crippen molar-refractivity contribution in [2.24, 2.45) is 0 Å². The van der Waals surface area contributed by atoms with Crippen LogP contribution in [-0.2, 0) is 10.0 Å². The number of methoxy groups -OCH3 is 7. The number of carbonyl (C=O) groups excluding carboxylic acids is 1. The minimum atomic E-state index is -3.93. The predicted molar refractivity (Wildman–Crippen MR) is 169 cm³/mol. The topological polar surface area (TPSA) is 140 Å². The Morgan fingerprint density at radius 1 is 0.773 bits per heavy atom. The van der Waals surface area contributed by atoms with E-state index in [1.165, 1.54) is 74.2 Å². The fraction of sp³-hybridized carbons (Fsp3) is 0.233. The zero-order valence-electron chi connectivity index (χ0n) is 25.2. The van der Waals surface area contributed by atoms with Gasteiger partial charge in [0.1, 0.15) is 17.2 Å². The van der Waals surface area contributed by atoms with Gasteiger partial charge >= 0.3 is 0 Å². The van der Waals surface area contributed by atoms with E-state index in [1.807, 2.05) is 0 Å². The second-order valence-corrected chi connectivity index (χ2v) is 10.6. The van der Waals surface area contributed by atoms with Crippen molar-refractivity contribution in [2.75, 3.05) is 59.8 Å². The first-order chi connectivity index (χ1) is 21.0. The molecule has 0 heterocycles. The molecule has 3 rings (SSSR count). The molecule has 0 saturated heterocycles. The van der Waals surface area contributed by atoms with E-state index < -0.39 is 15.8 Å². The molecule has 236 valence electrons. The number of nitrogens with one attached hydrogen (secondary N) is 2. The standard InChI is InChI=1S/C30H33ClN2O10S/c1-9-44(35,36)33-27-23(39-4)16-22(38-3)25(29(27)42-7)17-10-11-21(37-2)19(14-17)32-13-12-20(34)18-15-24(40-5)28(41-6)30(43-8)26(18)31/h9-16,32-33H,1H2,2-8H3/b13-12+. The lowest BCUT2D eigenvalue weighted by Crippen LogP contribution is -2.11. The van der Waals surface area contributed by atoms with Crippen LogP contribution < -0.4 is 43.2 Å². The number of hydrogen-bond acceptors (Lipinski definition) is 11. The summed E-state index contributed by atoms with van der Waals surface area (Å²) in [5, 5.41) is 3.87. The van der Waals surface area contributed by atoms with Crippen LogP contribution in [0.5, 0.6) is 40.2 Å². The molecule has 0 amide bonds. The van der Waals surface area contributed by atoms with Crippen molar-refractivity contribution in [3.8, 4) is 51.4 Å². The summed E-state index contributed by atoms with van der Waals surface area (Å²) in [4.78, 5) is 13.1. The summed E-state index contributed by atoms with van der Waals surface area (Å²) in [6.45, 7) is 3.34. The molecule has 0 aliphatic heterocycles. The number of carbonyl (C=O) groups is 1. The quantitative estimate of drug-likeness (QED) is 0.153. The van der Waals surface area contributed by atoms with Crippen LogP contribution in [0.15, 0.2) is 54.6 Å². The lowest BCUT2D eigenvalue weighted by molar-refractivity contribution is 0.104. The number of sulfonamides is 1. The van der Waals surface area contributed by atoms with Crippen molar-refractivity contribution in [1.29, 1.82) is 0 Å². The van der Waals surface area contributed by atoms with Gasteiger partial charge in [-0.25, -0.2) is 8.42 Å². The summed E-state index contributed by atoms with van der Waals surface area (Å²) < 4.78 is 65.4. The smallest absolute Gasteiger partial charge is 0.254 e. The van der Waals surface area contributed by atoms with Gasteiger partial charge in [-0.3, -0.25) is 9.52 Å². The SMILES string of the molecule is C=CS(=O)(=O)Nc1c(OC)cc(OC)c(-c2ccc(OC)c(N/C=C/C(=O)c3cc(OC)c(OC)c(OC)c3Cl)c2)c1OC. The Balaban J connectivity index is 2.09. The minimum absolute atomic E-state index is 0.0451. The van der Waals surface area contributed by atoms with Crippen LogP contribution in [0.3, 0.4) is 0 Å². The maximum Gasteiger partial charge on any atom is 0.254 e. The lowest BCUT2D eigenvalue weighted by Gasteiger charge is -2.21. The Kier molecular flexibility index (Phi) is 11.2. The summed E-state index contributed by atoms with van der Waals surface area (Å²) in [6.07, 6.45) is 2.69. The number of anilines is 2. The van der Waals surface area contributed by atoms with Gasteiger partial charge in [0.2, 0.25) is 5.75 Å². The number of ketones is 1. The second kappa shape index (κ2) is 14.6. The van der Waals surface area contributed by atoms with Crippen LogP contribution in [0.25, 0.3) is 11.1 Å². The molecule has 12 nitrogen and oxygen atoms in total. The van der Waals surface area contributed by atoms with E-state index in [2.05, 4.69) is 16.6 Å². The summed E-state index contributed by atoms with van der Waals surface area (Å²) >= 11 is 6.45. The molecular weight excluding hydrogens is 616 g/mol. The number of halogens is 1. The molecule has 0 spiro atoms. The van der Waals surface area contributed by atoms with Crippen LogP contribution in [0, 0.1) is 0 Å². The molecule has 0 bridgehead atoms. The molecule has 0 atom stereocenters. The van der Waals surface area contributed by atoms with Crippen LogP contribution >= 0.6 is 11.6 Å². The van der Waals surface area contributed by atoms with Crippen LogP contribution in [0.4, 0.5) is 11.4 Å². The van der Waals surface area contributed by atoms with Gasteiger partial charge in [0.15, 0.2) is 28.8 Å². The number of benzene rings is 3. The largest absolute Gasteiger partial charge is 0.496 e. The summed E-state index contributed by atoms with van der Waals surface area (Å²) in [7, 11) is 6.05. The van der Waals surface area contributed by atoms with Crippen molar-refractivity contribution in [2.45, 2.75) is 0 Å². The molecule has 44 heavy (non-hydrogen) atoms. The Bertz CT molecular complexity index is 1690. The Hall–Kier alpha value is -4.75. The maximum atomic E-state index is 13.1. The van der Waals surface area contributed by atoms with E-state index in [0.29, 0.717) is 28.3 Å². The predicted octanol–water partition coefficient (Wildman–Crippen LogP) is 5.76. The van der Waals surface area contributed by atoms with Gasteiger partial charge in [-0.05, 0) is 23.8 Å². The lowest BCUT2D eigenvalue weighted by atomic mass is 10.0. The average Bonchev–Trinajstić information content (AvgIpc) is 3.03. The number of ether oxygens (including phenoxy) is 7. The van der Waals surface area contributed by atoms with E-state index in [1.54, 1.807) is 18.2 Å². The summed E-state index contributed by atoms with van der Waals surface area (Å²) in [6, 6.07) is 8.10. The molecule has 2 N–H and O–H groups in total. The van der Waals surface area contributed by atoms with Gasteiger partial charge < -0.3 is 38.5 Å². The molecule has 0 aromatic heterocycles. The molecule has 0 saturated carbocycles. The first-order valence-corrected chi connectivity index (χ1v) is 14.6. The van der Waals surface area contributed by atoms with Gasteiger partial charge in [-0.15, -0.1) is 0 Å². The average molecular weight is 649 g/mol. The van der Waals surface area contributed by atoms with Crippen LogP contribution in [0.2, 0.25) is 5.02 Å². The highest BCUT2D eigenvalue weighted by atomic mass is 35.5. The number of allylic oxidation sites excluding steroid dienone is 1. The summed E-state index contributed by atoms with van der Waals surface area (Å²) in [5.41, 5.74) is 1.59. The molecule has 3 aromatic carbocycles. The Labute approximate surface area is 261 Å². The normalized spacial score (nSPS) is 11.0. The zero-order valence-corrected chi connectivity index (χ0v) is 26.8. The Morgan fingerprint density at radius 3 is 1.93 bits per heavy atom. The first-order valence-electron chi connectivity index (χ1n) is 12.7. The highest BCUT2D eigenvalue weighted by Gasteiger charge is 2.25. The van der Waals surface area contributed by atoms with E-state index in [0.717, 1.165) is 5.41 Å². The monoisotopic (exact) mass is 648 g/mol. The van der Waals surface area contributed by atoms with Gasteiger partial charge in [0.25, 0.3) is 10.0 Å². The first kappa shape index (κ1) is 33.7. The Morgan fingerprint density at radius 2 is 1.39 bits per heavy atom. The highest BCUT2D eigenvalue weighted by Crippen LogP contribution is 2.50. The van der Waals surface area contributed by atoms with Crippen LogP contribution in [-0.4, -0.2) is 64.0 Å². The van der Waals surface area contributed by atoms with Gasteiger partial charge in [-0.1, -0.05) is 24.2 Å². The molecule has 3 aromatic rings. The molecule has 14 heteroatoms. The van der Waals surface area contributed by atoms with E-state index >= 15 is 0 Å². The fourth-order valence-corrected chi connectivity index (χ4v) is 5.14. The zero-order chi connectivity index (χ0) is 32.6. The molecular formula is C30H33ClN2O10S. The van der Waals surface area contributed by atoms with Gasteiger partial charge in [0.05, 0.1) is 66.0 Å². The van der Waals surface area contributed by atoms with Crippen molar-refractivity contribution in [3.63, 3.8) is 0 Å². The molecule has 0 aliphatic carbocycles.